The van der Waals surface area contributed by atoms with E-state index < -0.39 is 0 Å². The summed E-state index contributed by atoms with van der Waals surface area (Å²) >= 11 is 1.23. The van der Waals surface area contributed by atoms with E-state index in [-0.39, 0.29) is 11.7 Å². The first kappa shape index (κ1) is 19.9. The molecule has 1 aromatic heterocycles. The van der Waals surface area contributed by atoms with Crippen molar-refractivity contribution in [2.45, 2.75) is 31.4 Å². The van der Waals surface area contributed by atoms with Crippen LogP contribution >= 0.6 is 11.8 Å². The number of unbranched alkanes of at least 4 members (excludes halogenated alkanes) is 2. The van der Waals surface area contributed by atoms with Crippen LogP contribution in [-0.2, 0) is 4.79 Å². The summed E-state index contributed by atoms with van der Waals surface area (Å²) in [5.41, 5.74) is 4.88. The fourth-order valence-corrected chi connectivity index (χ4v) is 3.07. The molecule has 0 saturated heterocycles. The Morgan fingerprint density at radius 2 is 2.04 bits per heavy atom. The number of para-hydroxylation sites is 2. The number of hydrogen-bond acceptors (Lipinski definition) is 6. The Balaban J connectivity index is 1.40. The Morgan fingerprint density at radius 3 is 2.82 bits per heavy atom. The zero-order valence-electron chi connectivity index (χ0n) is 15.8. The average Bonchev–Trinajstić information content (AvgIpc) is 3.14. The lowest BCUT2D eigenvalue weighted by molar-refractivity contribution is -0.118. The largest absolute Gasteiger partial charge is 0.494 e. The minimum atomic E-state index is -0.223. The molecule has 28 heavy (non-hydrogen) atoms. The summed E-state index contributed by atoms with van der Waals surface area (Å²) in [6.45, 7) is 2.90. The highest BCUT2D eigenvalue weighted by Gasteiger charge is 2.08. The number of thioether (sulfide) groups is 1. The predicted octanol–water partition coefficient (Wildman–Crippen LogP) is 4.64. The minimum Gasteiger partial charge on any atom is -0.494 e. The van der Waals surface area contributed by atoms with Gasteiger partial charge in [0.15, 0.2) is 5.58 Å². The second-order valence-corrected chi connectivity index (χ2v) is 7.08. The van der Waals surface area contributed by atoms with Crippen molar-refractivity contribution in [2.24, 2.45) is 5.10 Å². The summed E-state index contributed by atoms with van der Waals surface area (Å²) in [6.07, 6.45) is 5.02. The molecule has 7 heteroatoms. The second-order valence-electron chi connectivity index (χ2n) is 6.15. The second kappa shape index (κ2) is 10.5. The van der Waals surface area contributed by atoms with Gasteiger partial charge in [0, 0.05) is 0 Å². The van der Waals surface area contributed by atoms with E-state index in [2.05, 4.69) is 22.4 Å². The Morgan fingerprint density at radius 1 is 1.21 bits per heavy atom. The number of ether oxygens (including phenoxy) is 1. The van der Waals surface area contributed by atoms with Gasteiger partial charge >= 0.3 is 0 Å². The SMILES string of the molecule is CCCCCOc1ccc(/C=N\NC(=O)CSc2nc3ccccc3o2)cc1. The van der Waals surface area contributed by atoms with E-state index in [0.29, 0.717) is 10.8 Å². The van der Waals surface area contributed by atoms with Gasteiger partial charge in [-0.05, 0) is 48.4 Å². The van der Waals surface area contributed by atoms with E-state index in [1.54, 1.807) is 6.21 Å². The number of rotatable bonds is 10. The van der Waals surface area contributed by atoms with E-state index in [0.717, 1.165) is 29.9 Å². The highest BCUT2D eigenvalue weighted by atomic mass is 32.2. The highest BCUT2D eigenvalue weighted by molar-refractivity contribution is 7.99. The molecule has 0 bridgehead atoms. The van der Waals surface area contributed by atoms with Gasteiger partial charge in [-0.3, -0.25) is 4.79 Å². The number of carbonyl (C=O) groups is 1. The van der Waals surface area contributed by atoms with E-state index in [1.165, 1.54) is 24.6 Å². The predicted molar refractivity (Wildman–Crippen MR) is 112 cm³/mol. The molecule has 6 nitrogen and oxygen atoms in total. The van der Waals surface area contributed by atoms with Crippen molar-refractivity contribution < 1.29 is 13.9 Å². The number of fused-ring (bicyclic) bond motifs is 1. The van der Waals surface area contributed by atoms with Gasteiger partial charge in [-0.1, -0.05) is 43.7 Å². The maximum Gasteiger partial charge on any atom is 0.257 e. The number of benzene rings is 2. The van der Waals surface area contributed by atoms with Gasteiger partial charge in [0.05, 0.1) is 18.6 Å². The quantitative estimate of drug-likeness (QED) is 0.233. The van der Waals surface area contributed by atoms with Crippen LogP contribution in [0.15, 0.2) is 63.3 Å². The molecule has 0 saturated carbocycles. The van der Waals surface area contributed by atoms with Crippen molar-refractivity contribution >= 4 is 35.0 Å². The van der Waals surface area contributed by atoms with Crippen LogP contribution in [0.3, 0.4) is 0 Å². The molecule has 0 aliphatic carbocycles. The fourth-order valence-electron chi connectivity index (χ4n) is 2.44. The monoisotopic (exact) mass is 397 g/mol. The van der Waals surface area contributed by atoms with Crippen LogP contribution in [-0.4, -0.2) is 29.5 Å². The summed E-state index contributed by atoms with van der Waals surface area (Å²) in [5, 5.41) is 4.45. The fraction of sp³-hybridized carbons (Fsp3) is 0.286. The molecule has 0 spiro atoms. The molecule has 1 N–H and O–H groups in total. The standard InChI is InChI=1S/C21H23N3O3S/c1-2-3-6-13-26-17-11-9-16(10-12-17)14-22-24-20(25)15-28-21-23-18-7-4-5-8-19(18)27-21/h4-5,7-12,14H,2-3,6,13,15H2,1H3,(H,24,25)/b22-14-. The third kappa shape index (κ3) is 6.13. The van der Waals surface area contributed by atoms with E-state index >= 15 is 0 Å². The number of carbonyl (C=O) groups excluding carboxylic acids is 1. The molecule has 3 rings (SSSR count). The van der Waals surface area contributed by atoms with E-state index in [4.69, 9.17) is 9.15 Å². The van der Waals surface area contributed by atoms with E-state index in [9.17, 15) is 4.79 Å². The Kier molecular flexibility index (Phi) is 7.49. The van der Waals surface area contributed by atoms with Gasteiger partial charge in [0.2, 0.25) is 0 Å². The highest BCUT2D eigenvalue weighted by Crippen LogP contribution is 2.22. The first-order valence-corrected chi connectivity index (χ1v) is 10.3. The van der Waals surface area contributed by atoms with Crippen LogP contribution in [0.1, 0.15) is 31.7 Å². The van der Waals surface area contributed by atoms with Crippen molar-refractivity contribution in [3.05, 3.63) is 54.1 Å². The van der Waals surface area contributed by atoms with Crippen molar-refractivity contribution in [2.75, 3.05) is 12.4 Å². The Hall–Kier alpha value is -2.80. The molecule has 0 aliphatic rings. The summed E-state index contributed by atoms with van der Waals surface area (Å²) in [4.78, 5) is 16.2. The number of hydrazone groups is 1. The molecule has 3 aromatic rings. The smallest absolute Gasteiger partial charge is 0.257 e. The van der Waals surface area contributed by atoms with Gasteiger partial charge < -0.3 is 9.15 Å². The van der Waals surface area contributed by atoms with Gasteiger partial charge in [0.1, 0.15) is 11.3 Å². The lowest BCUT2D eigenvalue weighted by Gasteiger charge is -2.05. The topological polar surface area (TPSA) is 76.7 Å². The average molecular weight is 398 g/mol. The molecular weight excluding hydrogens is 374 g/mol. The van der Waals surface area contributed by atoms with Crippen molar-refractivity contribution in [1.82, 2.24) is 10.4 Å². The zero-order valence-corrected chi connectivity index (χ0v) is 16.6. The molecule has 1 heterocycles. The minimum absolute atomic E-state index is 0.175. The van der Waals surface area contributed by atoms with Gasteiger partial charge in [-0.25, -0.2) is 10.4 Å². The van der Waals surface area contributed by atoms with Crippen molar-refractivity contribution in [3.63, 3.8) is 0 Å². The van der Waals surface area contributed by atoms with Gasteiger partial charge in [-0.15, -0.1) is 0 Å². The summed E-state index contributed by atoms with van der Waals surface area (Å²) in [5.74, 6) is 0.792. The van der Waals surface area contributed by atoms with Crippen molar-refractivity contribution in [3.8, 4) is 5.75 Å². The van der Waals surface area contributed by atoms with Crippen LogP contribution < -0.4 is 10.2 Å². The molecule has 146 valence electrons. The number of nitrogens with one attached hydrogen (secondary N) is 1. The molecular formula is C21H23N3O3S. The molecule has 0 atom stereocenters. The Bertz CT molecular complexity index is 889. The zero-order chi connectivity index (χ0) is 19.6. The molecule has 0 radical (unpaired) electrons. The maximum atomic E-state index is 11.9. The summed E-state index contributed by atoms with van der Waals surface area (Å²) in [6, 6.07) is 15.1. The molecule has 0 unspecified atom stereocenters. The summed E-state index contributed by atoms with van der Waals surface area (Å²) < 4.78 is 11.2. The van der Waals surface area contributed by atoms with Gasteiger partial charge in [0.25, 0.3) is 11.1 Å². The molecule has 1 amide bonds. The number of aromatic nitrogens is 1. The summed E-state index contributed by atoms with van der Waals surface area (Å²) in [7, 11) is 0. The molecule has 0 aliphatic heterocycles. The van der Waals surface area contributed by atoms with Gasteiger partial charge in [-0.2, -0.15) is 5.10 Å². The first-order chi connectivity index (χ1) is 13.7. The first-order valence-electron chi connectivity index (χ1n) is 9.28. The third-order valence-electron chi connectivity index (χ3n) is 3.90. The number of amides is 1. The number of hydrogen-bond donors (Lipinski definition) is 1. The molecule has 2 aromatic carbocycles. The number of oxazole rings is 1. The van der Waals surface area contributed by atoms with E-state index in [1.807, 2.05) is 48.5 Å². The molecule has 0 fully saturated rings. The lowest BCUT2D eigenvalue weighted by Crippen LogP contribution is -2.19. The lowest BCUT2D eigenvalue weighted by atomic mass is 10.2. The number of nitrogens with zero attached hydrogens (tertiary/aromatic N) is 2. The van der Waals surface area contributed by atoms with Crippen LogP contribution in [0.2, 0.25) is 0 Å². The maximum absolute atomic E-state index is 11.9. The van der Waals surface area contributed by atoms with Crippen LogP contribution in [0.25, 0.3) is 11.1 Å². The van der Waals surface area contributed by atoms with Crippen molar-refractivity contribution in [1.29, 1.82) is 0 Å². The van der Waals surface area contributed by atoms with Crippen LogP contribution in [0.5, 0.6) is 5.75 Å². The third-order valence-corrected chi connectivity index (χ3v) is 4.73. The Labute approximate surface area is 168 Å². The normalized spacial score (nSPS) is 11.2. The van der Waals surface area contributed by atoms with Crippen LogP contribution in [0, 0.1) is 0 Å². The van der Waals surface area contributed by atoms with Crippen LogP contribution in [0.4, 0.5) is 0 Å².